The van der Waals surface area contributed by atoms with Crippen LogP contribution in [0.3, 0.4) is 0 Å². The molecule has 0 spiro atoms. The molecular formula is C10H14BrN. The van der Waals surface area contributed by atoms with E-state index in [1.54, 1.807) is 0 Å². The maximum absolute atomic E-state index is 4.27. The van der Waals surface area contributed by atoms with Crippen LogP contribution in [0.25, 0.3) is 0 Å². The standard InChI is InChI=1S/C10H14BrN/c1-2-5-9(11)8-10-6-3-4-7-12-10/h3-4,6-7,9H,2,5,8H2,1H3. The average Bonchev–Trinajstić information content (AvgIpc) is 2.06. The van der Waals surface area contributed by atoms with Crippen molar-refractivity contribution in [1.29, 1.82) is 0 Å². The summed E-state index contributed by atoms with van der Waals surface area (Å²) in [6.45, 7) is 2.20. The third kappa shape index (κ3) is 3.35. The lowest BCUT2D eigenvalue weighted by molar-refractivity contribution is 0.734. The van der Waals surface area contributed by atoms with Gasteiger partial charge in [-0.05, 0) is 18.6 Å². The van der Waals surface area contributed by atoms with Crippen molar-refractivity contribution in [2.45, 2.75) is 31.0 Å². The third-order valence-electron chi connectivity index (χ3n) is 1.76. The van der Waals surface area contributed by atoms with Crippen molar-refractivity contribution < 1.29 is 0 Å². The molecule has 1 heterocycles. The van der Waals surface area contributed by atoms with Crippen LogP contribution in [-0.4, -0.2) is 9.81 Å². The van der Waals surface area contributed by atoms with Crippen molar-refractivity contribution in [2.24, 2.45) is 0 Å². The van der Waals surface area contributed by atoms with Crippen LogP contribution in [0.5, 0.6) is 0 Å². The summed E-state index contributed by atoms with van der Waals surface area (Å²) >= 11 is 3.63. The van der Waals surface area contributed by atoms with Crippen LogP contribution < -0.4 is 0 Å². The maximum Gasteiger partial charge on any atom is 0.0414 e. The highest BCUT2D eigenvalue weighted by molar-refractivity contribution is 9.09. The number of hydrogen-bond donors (Lipinski definition) is 0. The van der Waals surface area contributed by atoms with E-state index in [4.69, 9.17) is 0 Å². The van der Waals surface area contributed by atoms with Crippen LogP contribution in [0.2, 0.25) is 0 Å². The molecule has 1 unspecified atom stereocenters. The van der Waals surface area contributed by atoms with Gasteiger partial charge in [0.25, 0.3) is 0 Å². The fourth-order valence-corrected chi connectivity index (χ4v) is 1.95. The predicted molar refractivity (Wildman–Crippen MR) is 55.6 cm³/mol. The van der Waals surface area contributed by atoms with Crippen LogP contribution in [0.1, 0.15) is 25.5 Å². The fourth-order valence-electron chi connectivity index (χ4n) is 1.16. The molecule has 0 saturated carbocycles. The van der Waals surface area contributed by atoms with E-state index in [0.717, 1.165) is 6.42 Å². The van der Waals surface area contributed by atoms with Gasteiger partial charge < -0.3 is 0 Å². The molecule has 0 aliphatic rings. The molecule has 0 fully saturated rings. The van der Waals surface area contributed by atoms with E-state index in [1.165, 1.54) is 18.5 Å². The number of alkyl halides is 1. The zero-order chi connectivity index (χ0) is 8.81. The van der Waals surface area contributed by atoms with Crippen molar-refractivity contribution in [3.05, 3.63) is 30.1 Å². The second-order valence-electron chi connectivity index (χ2n) is 2.91. The first-order chi connectivity index (χ1) is 5.83. The second-order valence-corrected chi connectivity index (χ2v) is 4.21. The maximum atomic E-state index is 4.27. The molecule has 0 aliphatic carbocycles. The lowest BCUT2D eigenvalue weighted by Gasteiger charge is -2.06. The van der Waals surface area contributed by atoms with Gasteiger partial charge in [-0.3, -0.25) is 4.98 Å². The Balaban J connectivity index is 2.41. The van der Waals surface area contributed by atoms with Crippen LogP contribution in [0, 0.1) is 0 Å². The molecule has 2 heteroatoms. The first kappa shape index (κ1) is 9.72. The molecule has 0 aromatic carbocycles. The Morgan fingerprint density at radius 3 is 2.92 bits per heavy atom. The summed E-state index contributed by atoms with van der Waals surface area (Å²) < 4.78 is 0. The van der Waals surface area contributed by atoms with Gasteiger partial charge in [-0.1, -0.05) is 35.3 Å². The molecule has 0 radical (unpaired) electrons. The minimum atomic E-state index is 0.581. The summed E-state index contributed by atoms with van der Waals surface area (Å²) in [6.07, 6.45) is 5.33. The topological polar surface area (TPSA) is 12.9 Å². The Kier molecular flexibility index (Phi) is 4.30. The van der Waals surface area contributed by atoms with E-state index in [0.29, 0.717) is 4.83 Å². The lowest BCUT2D eigenvalue weighted by Crippen LogP contribution is -2.03. The number of rotatable bonds is 4. The third-order valence-corrected chi connectivity index (χ3v) is 2.54. The molecule has 0 N–H and O–H groups in total. The van der Waals surface area contributed by atoms with E-state index in [2.05, 4.69) is 33.9 Å². The summed E-state index contributed by atoms with van der Waals surface area (Å²) in [5.41, 5.74) is 1.17. The van der Waals surface area contributed by atoms with Gasteiger partial charge in [-0.15, -0.1) is 0 Å². The highest BCUT2D eigenvalue weighted by Gasteiger charge is 2.03. The first-order valence-electron chi connectivity index (χ1n) is 4.37. The molecule has 12 heavy (non-hydrogen) atoms. The largest absolute Gasteiger partial charge is 0.261 e. The smallest absolute Gasteiger partial charge is 0.0414 e. The Labute approximate surface area is 82.3 Å². The van der Waals surface area contributed by atoms with Gasteiger partial charge in [-0.25, -0.2) is 0 Å². The molecular weight excluding hydrogens is 214 g/mol. The summed E-state index contributed by atoms with van der Waals surface area (Å²) in [5.74, 6) is 0. The molecule has 0 saturated heterocycles. The van der Waals surface area contributed by atoms with Crippen LogP contribution >= 0.6 is 15.9 Å². The lowest BCUT2D eigenvalue weighted by atomic mass is 10.1. The van der Waals surface area contributed by atoms with E-state index < -0.39 is 0 Å². The number of halogens is 1. The zero-order valence-corrected chi connectivity index (χ0v) is 8.92. The summed E-state index contributed by atoms with van der Waals surface area (Å²) in [4.78, 5) is 4.85. The SMILES string of the molecule is CCCC(Br)Cc1ccccn1. The van der Waals surface area contributed by atoms with Gasteiger partial charge in [0.05, 0.1) is 0 Å². The monoisotopic (exact) mass is 227 g/mol. The van der Waals surface area contributed by atoms with Crippen LogP contribution in [0.4, 0.5) is 0 Å². The summed E-state index contributed by atoms with van der Waals surface area (Å²) in [5, 5.41) is 0. The summed E-state index contributed by atoms with van der Waals surface area (Å²) in [6, 6.07) is 6.06. The number of nitrogens with zero attached hydrogens (tertiary/aromatic N) is 1. The average molecular weight is 228 g/mol. The Morgan fingerprint density at radius 1 is 1.50 bits per heavy atom. The molecule has 1 rings (SSSR count). The van der Waals surface area contributed by atoms with Crippen molar-refractivity contribution >= 4 is 15.9 Å². The van der Waals surface area contributed by atoms with Crippen molar-refractivity contribution in [3.63, 3.8) is 0 Å². The van der Waals surface area contributed by atoms with Crippen LogP contribution in [-0.2, 0) is 6.42 Å². The van der Waals surface area contributed by atoms with Crippen molar-refractivity contribution in [1.82, 2.24) is 4.98 Å². The summed E-state index contributed by atoms with van der Waals surface area (Å²) in [7, 11) is 0. The molecule has 0 aliphatic heterocycles. The first-order valence-corrected chi connectivity index (χ1v) is 5.28. The quantitative estimate of drug-likeness (QED) is 0.721. The van der Waals surface area contributed by atoms with Gasteiger partial charge in [0.1, 0.15) is 0 Å². The molecule has 1 aromatic heterocycles. The molecule has 0 amide bonds. The normalized spacial score (nSPS) is 12.8. The van der Waals surface area contributed by atoms with E-state index >= 15 is 0 Å². The molecule has 1 nitrogen and oxygen atoms in total. The van der Waals surface area contributed by atoms with Crippen LogP contribution in [0.15, 0.2) is 24.4 Å². The van der Waals surface area contributed by atoms with Gasteiger partial charge in [0, 0.05) is 23.1 Å². The predicted octanol–water partition coefficient (Wildman–Crippen LogP) is 3.19. The Bertz CT molecular complexity index is 210. The van der Waals surface area contributed by atoms with E-state index in [1.807, 2.05) is 18.3 Å². The van der Waals surface area contributed by atoms with Gasteiger partial charge >= 0.3 is 0 Å². The number of aromatic nitrogens is 1. The molecule has 0 bridgehead atoms. The number of pyridine rings is 1. The highest BCUT2D eigenvalue weighted by atomic mass is 79.9. The van der Waals surface area contributed by atoms with Crippen molar-refractivity contribution in [2.75, 3.05) is 0 Å². The molecule has 1 atom stereocenters. The van der Waals surface area contributed by atoms with Crippen molar-refractivity contribution in [3.8, 4) is 0 Å². The molecule has 1 aromatic rings. The van der Waals surface area contributed by atoms with E-state index in [9.17, 15) is 0 Å². The molecule has 66 valence electrons. The number of hydrogen-bond acceptors (Lipinski definition) is 1. The fraction of sp³-hybridized carbons (Fsp3) is 0.500. The minimum absolute atomic E-state index is 0.581. The highest BCUT2D eigenvalue weighted by Crippen LogP contribution is 2.12. The van der Waals surface area contributed by atoms with Gasteiger partial charge in [0.15, 0.2) is 0 Å². The van der Waals surface area contributed by atoms with Gasteiger partial charge in [-0.2, -0.15) is 0 Å². The Hall–Kier alpha value is -0.370. The van der Waals surface area contributed by atoms with Gasteiger partial charge in [0.2, 0.25) is 0 Å². The second kappa shape index (κ2) is 5.31. The minimum Gasteiger partial charge on any atom is -0.261 e. The zero-order valence-electron chi connectivity index (χ0n) is 7.33. The van der Waals surface area contributed by atoms with E-state index in [-0.39, 0.29) is 0 Å². The Morgan fingerprint density at radius 2 is 2.33 bits per heavy atom.